The minimum Gasteiger partial charge on any atom is -0.369 e. The molecule has 0 atom stereocenters. The van der Waals surface area contributed by atoms with Crippen molar-refractivity contribution >= 4 is 22.8 Å². The summed E-state index contributed by atoms with van der Waals surface area (Å²) in [5, 5.41) is 0.901. The van der Waals surface area contributed by atoms with Gasteiger partial charge in [0.05, 0.1) is 12.0 Å². The Labute approximate surface area is 82.1 Å². The quantitative estimate of drug-likeness (QED) is 0.532. The molecule has 1 aliphatic carbocycles. The second-order valence-electron chi connectivity index (χ2n) is 3.43. The first kappa shape index (κ1) is 8.69. The molecular formula is C9H13N3S. The van der Waals surface area contributed by atoms with Crippen molar-refractivity contribution in [2.75, 3.05) is 14.1 Å². The third kappa shape index (κ3) is 1.88. The van der Waals surface area contributed by atoms with E-state index in [2.05, 4.69) is 9.98 Å². The summed E-state index contributed by atoms with van der Waals surface area (Å²) in [6.45, 7) is 0. The molecule has 70 valence electrons. The van der Waals surface area contributed by atoms with Crippen molar-refractivity contribution in [3.05, 3.63) is 10.6 Å². The lowest BCUT2D eigenvalue weighted by molar-refractivity contribution is 0.643. The van der Waals surface area contributed by atoms with E-state index < -0.39 is 0 Å². The van der Waals surface area contributed by atoms with Gasteiger partial charge >= 0.3 is 0 Å². The predicted molar refractivity (Wildman–Crippen MR) is 56.0 cm³/mol. The van der Waals surface area contributed by atoms with Gasteiger partial charge in [0, 0.05) is 19.0 Å². The molecule has 0 unspecified atom stereocenters. The van der Waals surface area contributed by atoms with E-state index in [1.54, 1.807) is 17.7 Å². The van der Waals surface area contributed by atoms with Gasteiger partial charge in [-0.1, -0.05) is 11.3 Å². The zero-order chi connectivity index (χ0) is 9.26. The van der Waals surface area contributed by atoms with Gasteiger partial charge in [-0.15, -0.1) is 0 Å². The Morgan fingerprint density at radius 2 is 2.31 bits per heavy atom. The van der Waals surface area contributed by atoms with Gasteiger partial charge in [0.25, 0.3) is 0 Å². The first-order valence-corrected chi connectivity index (χ1v) is 5.26. The zero-order valence-electron chi connectivity index (χ0n) is 7.95. The van der Waals surface area contributed by atoms with Crippen LogP contribution < -0.4 is 0 Å². The van der Waals surface area contributed by atoms with Gasteiger partial charge in [-0.05, 0) is 19.3 Å². The highest BCUT2D eigenvalue weighted by Gasteiger charge is 2.15. The standard InChI is InChI=1S/C9H13N3S/c1-12(2)6-10-9-11-7-4-3-5-8(7)13-9/h6H,3-5H2,1-2H3/b10-6+. The monoisotopic (exact) mass is 195 g/mol. The molecule has 1 aliphatic rings. The lowest BCUT2D eigenvalue weighted by Gasteiger charge is -1.99. The molecule has 0 spiro atoms. The van der Waals surface area contributed by atoms with Gasteiger partial charge in [-0.3, -0.25) is 0 Å². The maximum absolute atomic E-state index is 4.46. The largest absolute Gasteiger partial charge is 0.369 e. The van der Waals surface area contributed by atoms with E-state index >= 15 is 0 Å². The molecule has 0 N–H and O–H groups in total. The van der Waals surface area contributed by atoms with Crippen LogP contribution in [0.5, 0.6) is 0 Å². The Hall–Kier alpha value is -0.900. The van der Waals surface area contributed by atoms with Crippen LogP contribution in [0.2, 0.25) is 0 Å². The molecule has 2 rings (SSSR count). The van der Waals surface area contributed by atoms with Gasteiger partial charge in [-0.25, -0.2) is 9.98 Å². The molecule has 3 nitrogen and oxygen atoms in total. The van der Waals surface area contributed by atoms with E-state index in [1.165, 1.54) is 23.4 Å². The van der Waals surface area contributed by atoms with Crippen molar-refractivity contribution in [1.29, 1.82) is 0 Å². The number of hydrogen-bond donors (Lipinski definition) is 0. The van der Waals surface area contributed by atoms with Crippen LogP contribution >= 0.6 is 11.3 Å². The van der Waals surface area contributed by atoms with Gasteiger partial charge in [0.2, 0.25) is 5.13 Å². The Kier molecular flexibility index (Phi) is 2.31. The highest BCUT2D eigenvalue weighted by molar-refractivity contribution is 7.15. The normalized spacial score (nSPS) is 15.2. The van der Waals surface area contributed by atoms with Crippen LogP contribution in [-0.2, 0) is 12.8 Å². The third-order valence-corrected chi connectivity index (χ3v) is 3.05. The number of aryl methyl sites for hydroxylation is 2. The van der Waals surface area contributed by atoms with E-state index in [9.17, 15) is 0 Å². The summed E-state index contributed by atoms with van der Waals surface area (Å²) in [6, 6.07) is 0. The first-order chi connectivity index (χ1) is 6.25. The van der Waals surface area contributed by atoms with Crippen molar-refractivity contribution in [2.24, 2.45) is 4.99 Å². The molecule has 4 heteroatoms. The molecule has 0 bridgehead atoms. The molecule has 1 aromatic heterocycles. The zero-order valence-corrected chi connectivity index (χ0v) is 8.77. The highest BCUT2D eigenvalue weighted by Crippen LogP contribution is 2.31. The van der Waals surface area contributed by atoms with Gasteiger partial charge in [0.1, 0.15) is 0 Å². The second-order valence-corrected chi connectivity index (χ2v) is 4.49. The van der Waals surface area contributed by atoms with Crippen molar-refractivity contribution in [3.63, 3.8) is 0 Å². The molecule has 1 heterocycles. The fourth-order valence-electron chi connectivity index (χ4n) is 1.40. The van der Waals surface area contributed by atoms with Crippen molar-refractivity contribution in [3.8, 4) is 0 Å². The van der Waals surface area contributed by atoms with E-state index in [0.29, 0.717) is 0 Å². The van der Waals surface area contributed by atoms with Crippen LogP contribution in [0.3, 0.4) is 0 Å². The predicted octanol–water partition coefficient (Wildman–Crippen LogP) is 1.85. The van der Waals surface area contributed by atoms with Crippen molar-refractivity contribution in [2.45, 2.75) is 19.3 Å². The highest BCUT2D eigenvalue weighted by atomic mass is 32.1. The maximum Gasteiger partial charge on any atom is 0.210 e. The topological polar surface area (TPSA) is 28.5 Å². The molecular weight excluding hydrogens is 182 g/mol. The van der Waals surface area contributed by atoms with E-state index in [-0.39, 0.29) is 0 Å². The van der Waals surface area contributed by atoms with Crippen LogP contribution in [0.4, 0.5) is 5.13 Å². The lowest BCUT2D eigenvalue weighted by Crippen LogP contribution is -2.06. The molecule has 0 aliphatic heterocycles. The summed E-state index contributed by atoms with van der Waals surface area (Å²) in [7, 11) is 3.93. The van der Waals surface area contributed by atoms with E-state index in [1.807, 2.05) is 19.0 Å². The summed E-state index contributed by atoms with van der Waals surface area (Å²) in [4.78, 5) is 12.1. The fraction of sp³-hybridized carbons (Fsp3) is 0.556. The molecule has 0 saturated carbocycles. The summed E-state index contributed by atoms with van der Waals surface area (Å²) >= 11 is 1.73. The molecule has 0 amide bonds. The van der Waals surface area contributed by atoms with Crippen molar-refractivity contribution < 1.29 is 0 Å². The Balaban J connectivity index is 2.15. The minimum atomic E-state index is 0.901. The van der Waals surface area contributed by atoms with Crippen LogP contribution in [0.1, 0.15) is 17.0 Å². The van der Waals surface area contributed by atoms with Crippen molar-refractivity contribution in [1.82, 2.24) is 9.88 Å². The summed E-state index contributed by atoms with van der Waals surface area (Å²) in [5.74, 6) is 0. The summed E-state index contributed by atoms with van der Waals surface area (Å²) < 4.78 is 0. The first-order valence-electron chi connectivity index (χ1n) is 4.45. The summed E-state index contributed by atoms with van der Waals surface area (Å²) in [6.07, 6.45) is 5.41. The minimum absolute atomic E-state index is 0.901. The molecule has 0 saturated heterocycles. The number of hydrogen-bond acceptors (Lipinski definition) is 3. The van der Waals surface area contributed by atoms with E-state index in [4.69, 9.17) is 0 Å². The molecule has 0 fully saturated rings. The fourth-order valence-corrected chi connectivity index (χ4v) is 2.38. The number of aromatic nitrogens is 1. The van der Waals surface area contributed by atoms with Crippen LogP contribution in [-0.4, -0.2) is 30.3 Å². The van der Waals surface area contributed by atoms with E-state index in [0.717, 1.165) is 11.6 Å². The molecule has 13 heavy (non-hydrogen) atoms. The number of nitrogens with zero attached hydrogens (tertiary/aromatic N) is 3. The molecule has 0 radical (unpaired) electrons. The Bertz CT molecular complexity index is 306. The third-order valence-electron chi connectivity index (χ3n) is 1.98. The van der Waals surface area contributed by atoms with Crippen LogP contribution in [0.25, 0.3) is 0 Å². The average molecular weight is 195 g/mol. The van der Waals surface area contributed by atoms with Crippen LogP contribution in [0.15, 0.2) is 4.99 Å². The molecule has 0 aromatic carbocycles. The smallest absolute Gasteiger partial charge is 0.210 e. The maximum atomic E-state index is 4.46. The summed E-state index contributed by atoms with van der Waals surface area (Å²) in [5.41, 5.74) is 1.27. The Morgan fingerprint density at radius 3 is 3.00 bits per heavy atom. The van der Waals surface area contributed by atoms with Gasteiger partial charge in [0.15, 0.2) is 0 Å². The van der Waals surface area contributed by atoms with Gasteiger partial charge in [-0.2, -0.15) is 0 Å². The number of fused-ring (bicyclic) bond motifs is 1. The number of rotatable bonds is 2. The molecule has 1 aromatic rings. The Morgan fingerprint density at radius 1 is 1.46 bits per heavy atom. The number of aliphatic imine (C=N–C) groups is 1. The SMILES string of the molecule is CN(C)/C=N/c1nc2c(s1)CCC2. The van der Waals surface area contributed by atoms with Gasteiger partial charge < -0.3 is 4.90 Å². The average Bonchev–Trinajstić information content (AvgIpc) is 2.58. The lowest BCUT2D eigenvalue weighted by atomic mass is 10.4. The number of thiazole rings is 1. The van der Waals surface area contributed by atoms with Crippen LogP contribution in [0, 0.1) is 0 Å². The second kappa shape index (κ2) is 3.46.